The molecule has 1 saturated heterocycles. The maximum absolute atomic E-state index is 12.1. The predicted octanol–water partition coefficient (Wildman–Crippen LogP) is 1.70. The summed E-state index contributed by atoms with van der Waals surface area (Å²) in [6.07, 6.45) is 0.555. The van der Waals surface area contributed by atoms with E-state index in [-0.39, 0.29) is 24.3 Å². The van der Waals surface area contributed by atoms with Crippen molar-refractivity contribution >= 4 is 17.5 Å². The summed E-state index contributed by atoms with van der Waals surface area (Å²) in [6, 6.07) is 8.80. The number of hydrogen-bond acceptors (Lipinski definition) is 4. The van der Waals surface area contributed by atoms with Crippen LogP contribution in [0.1, 0.15) is 25.8 Å². The number of amides is 2. The van der Waals surface area contributed by atoms with E-state index in [4.69, 9.17) is 5.26 Å². The van der Waals surface area contributed by atoms with Crippen molar-refractivity contribution in [2.75, 3.05) is 5.32 Å². The van der Waals surface area contributed by atoms with E-state index in [0.717, 1.165) is 11.3 Å². The number of nitrogens with zero attached hydrogens (tertiary/aromatic N) is 2. The lowest BCUT2D eigenvalue weighted by atomic mass is 10.1. The Hall–Kier alpha value is -2.35. The van der Waals surface area contributed by atoms with Gasteiger partial charge in [-0.05, 0) is 31.5 Å². The average Bonchev–Trinajstić information content (AvgIpc) is 2.67. The molecule has 0 bridgehead atoms. The van der Waals surface area contributed by atoms with E-state index >= 15 is 0 Å². The fourth-order valence-electron chi connectivity index (χ4n) is 2.32. The first-order chi connectivity index (χ1) is 9.52. The molecule has 0 aromatic heterocycles. The number of anilines is 1. The normalized spacial score (nSPS) is 18.5. The van der Waals surface area contributed by atoms with Gasteiger partial charge in [0, 0.05) is 11.7 Å². The predicted molar refractivity (Wildman–Crippen MR) is 74.8 cm³/mol. The van der Waals surface area contributed by atoms with Crippen molar-refractivity contribution in [3.8, 4) is 6.07 Å². The molecule has 1 heterocycles. The minimum atomic E-state index is -0.494. The topological polar surface area (TPSA) is 73.2 Å². The first-order valence-electron chi connectivity index (χ1n) is 6.61. The van der Waals surface area contributed by atoms with E-state index in [1.807, 2.05) is 38.1 Å². The largest absolute Gasteiger partial charge is 0.373 e. The van der Waals surface area contributed by atoms with Crippen molar-refractivity contribution < 1.29 is 9.59 Å². The molecule has 20 heavy (non-hydrogen) atoms. The maximum atomic E-state index is 12.1. The van der Waals surface area contributed by atoms with Gasteiger partial charge in [0.25, 0.3) is 5.91 Å². The minimum Gasteiger partial charge on any atom is -0.373 e. The van der Waals surface area contributed by atoms with Crippen molar-refractivity contribution in [2.45, 2.75) is 38.8 Å². The first kappa shape index (κ1) is 14.1. The van der Waals surface area contributed by atoms with Crippen molar-refractivity contribution in [1.82, 2.24) is 4.90 Å². The summed E-state index contributed by atoms with van der Waals surface area (Å²) >= 11 is 0. The summed E-state index contributed by atoms with van der Waals surface area (Å²) in [5, 5.41) is 11.7. The lowest BCUT2D eigenvalue weighted by Crippen LogP contribution is -2.39. The smallest absolute Gasteiger partial charge is 0.252 e. The number of nitrogens with one attached hydrogen (secondary N) is 1. The number of likely N-dealkylation sites (tertiary alicyclic amines) is 1. The van der Waals surface area contributed by atoms with E-state index < -0.39 is 6.04 Å². The molecular formula is C15H17N3O2. The molecule has 1 aliphatic heterocycles. The molecule has 1 N–H and O–H groups in total. The Bertz CT molecular complexity index is 557. The summed E-state index contributed by atoms with van der Waals surface area (Å²) in [6.45, 7) is 3.66. The summed E-state index contributed by atoms with van der Waals surface area (Å²) in [7, 11) is 0. The fraction of sp³-hybridized carbons (Fsp3) is 0.400. The molecule has 0 saturated carbocycles. The van der Waals surface area contributed by atoms with Gasteiger partial charge < -0.3 is 5.32 Å². The highest BCUT2D eigenvalue weighted by molar-refractivity contribution is 6.07. The van der Waals surface area contributed by atoms with Crippen LogP contribution in [0.25, 0.3) is 0 Å². The van der Waals surface area contributed by atoms with Gasteiger partial charge in [-0.25, -0.2) is 0 Å². The highest BCUT2D eigenvalue weighted by atomic mass is 16.2. The van der Waals surface area contributed by atoms with Crippen LogP contribution in [0, 0.1) is 11.3 Å². The van der Waals surface area contributed by atoms with E-state index in [0.29, 0.717) is 6.42 Å². The van der Waals surface area contributed by atoms with Gasteiger partial charge in [0.1, 0.15) is 6.04 Å². The minimum absolute atomic E-state index is 0.111. The van der Waals surface area contributed by atoms with Gasteiger partial charge in [-0.15, -0.1) is 0 Å². The molecule has 5 heteroatoms. The number of hydrogen-bond donors (Lipinski definition) is 1. The average molecular weight is 271 g/mol. The Labute approximate surface area is 118 Å². The third kappa shape index (κ3) is 2.80. The molecule has 104 valence electrons. The van der Waals surface area contributed by atoms with Crippen molar-refractivity contribution in [3.63, 3.8) is 0 Å². The zero-order valence-corrected chi connectivity index (χ0v) is 11.6. The number of carbonyl (C=O) groups is 2. The number of carbonyl (C=O) groups excluding carboxylic acids is 2. The monoisotopic (exact) mass is 271 g/mol. The Morgan fingerprint density at radius 2 is 2.00 bits per heavy atom. The summed E-state index contributed by atoms with van der Waals surface area (Å²) in [4.78, 5) is 25.2. The quantitative estimate of drug-likeness (QED) is 0.846. The molecule has 1 unspecified atom stereocenters. The van der Waals surface area contributed by atoms with Gasteiger partial charge in [0.15, 0.2) is 0 Å². The number of rotatable bonds is 4. The molecule has 2 rings (SSSR count). The van der Waals surface area contributed by atoms with Gasteiger partial charge in [0.2, 0.25) is 5.91 Å². The summed E-state index contributed by atoms with van der Waals surface area (Å²) < 4.78 is 0. The van der Waals surface area contributed by atoms with Crippen molar-refractivity contribution in [3.05, 3.63) is 29.8 Å². The first-order valence-corrected chi connectivity index (χ1v) is 6.61. The molecule has 1 aromatic carbocycles. The zero-order chi connectivity index (χ0) is 14.7. The van der Waals surface area contributed by atoms with Crippen LogP contribution in [0.3, 0.4) is 0 Å². The standard InChI is InChI=1S/C15H17N3O2/c1-10(2)18-14(19)9-13(15(18)20)17-12-5-3-11(4-6-12)7-8-16/h3-6,10,13,17H,7,9H2,1-2H3. The Kier molecular flexibility index (Phi) is 4.04. The fourth-order valence-corrected chi connectivity index (χ4v) is 2.32. The lowest BCUT2D eigenvalue weighted by Gasteiger charge is -2.19. The zero-order valence-electron chi connectivity index (χ0n) is 11.6. The van der Waals surface area contributed by atoms with Gasteiger partial charge in [0.05, 0.1) is 18.9 Å². The van der Waals surface area contributed by atoms with Crippen LogP contribution >= 0.6 is 0 Å². The van der Waals surface area contributed by atoms with Gasteiger partial charge in [-0.3, -0.25) is 14.5 Å². The second-order valence-electron chi connectivity index (χ2n) is 5.13. The van der Waals surface area contributed by atoms with Gasteiger partial charge in [-0.1, -0.05) is 12.1 Å². The number of imide groups is 1. The van der Waals surface area contributed by atoms with Crippen molar-refractivity contribution in [2.24, 2.45) is 0 Å². The third-order valence-electron chi connectivity index (χ3n) is 3.28. The van der Waals surface area contributed by atoms with E-state index in [9.17, 15) is 9.59 Å². The second kappa shape index (κ2) is 5.74. The summed E-state index contributed by atoms with van der Waals surface area (Å²) in [5.41, 5.74) is 1.71. The van der Waals surface area contributed by atoms with Crippen LogP contribution in [0.15, 0.2) is 24.3 Å². The van der Waals surface area contributed by atoms with Crippen LogP contribution in [0.5, 0.6) is 0 Å². The van der Waals surface area contributed by atoms with Crippen LogP contribution in [0.2, 0.25) is 0 Å². The molecule has 2 amide bonds. The highest BCUT2D eigenvalue weighted by Crippen LogP contribution is 2.20. The molecule has 1 fully saturated rings. The van der Waals surface area contributed by atoms with Gasteiger partial charge >= 0.3 is 0 Å². The number of nitriles is 1. The van der Waals surface area contributed by atoms with Crippen LogP contribution in [0.4, 0.5) is 5.69 Å². The van der Waals surface area contributed by atoms with E-state index in [2.05, 4.69) is 11.4 Å². The van der Waals surface area contributed by atoms with Gasteiger partial charge in [-0.2, -0.15) is 5.26 Å². The number of benzene rings is 1. The van der Waals surface area contributed by atoms with E-state index in [1.54, 1.807) is 0 Å². The Balaban J connectivity index is 2.06. The summed E-state index contributed by atoms with van der Waals surface area (Å²) in [5.74, 6) is -0.310. The third-order valence-corrected chi connectivity index (χ3v) is 3.28. The maximum Gasteiger partial charge on any atom is 0.252 e. The SMILES string of the molecule is CC(C)N1C(=O)CC(Nc2ccc(CC#N)cc2)C1=O. The Morgan fingerprint density at radius 1 is 1.35 bits per heavy atom. The Morgan fingerprint density at radius 3 is 2.50 bits per heavy atom. The second-order valence-corrected chi connectivity index (χ2v) is 5.13. The molecule has 0 spiro atoms. The van der Waals surface area contributed by atoms with Crippen LogP contribution in [-0.4, -0.2) is 28.8 Å². The lowest BCUT2D eigenvalue weighted by molar-refractivity contribution is -0.140. The molecule has 5 nitrogen and oxygen atoms in total. The molecular weight excluding hydrogens is 254 g/mol. The van der Waals surface area contributed by atoms with Crippen molar-refractivity contribution in [1.29, 1.82) is 5.26 Å². The molecule has 0 radical (unpaired) electrons. The molecule has 1 atom stereocenters. The molecule has 1 aromatic rings. The van der Waals surface area contributed by atoms with Crippen LogP contribution in [-0.2, 0) is 16.0 Å². The van der Waals surface area contributed by atoms with E-state index in [1.165, 1.54) is 4.90 Å². The molecule has 1 aliphatic rings. The van der Waals surface area contributed by atoms with Crippen LogP contribution < -0.4 is 5.32 Å². The highest BCUT2D eigenvalue weighted by Gasteiger charge is 2.39. The molecule has 0 aliphatic carbocycles.